The molecule has 2 nitrogen and oxygen atoms in total. The molecule has 0 amide bonds. The molecule has 1 saturated carbocycles. The molecule has 2 rings (SSSR count). The fourth-order valence-electron chi connectivity index (χ4n) is 4.88. The van der Waals surface area contributed by atoms with Gasteiger partial charge in [-0.1, -0.05) is 58.9 Å². The third-order valence-corrected chi connectivity index (χ3v) is 7.31. The maximum absolute atomic E-state index is 11.3. The number of hydrogen-bond donors (Lipinski definition) is 1. The lowest BCUT2D eigenvalue weighted by Gasteiger charge is -2.19. The van der Waals surface area contributed by atoms with Crippen molar-refractivity contribution in [2.24, 2.45) is 10.8 Å². The van der Waals surface area contributed by atoms with E-state index in [1.165, 1.54) is 61.6 Å². The van der Waals surface area contributed by atoms with Crippen molar-refractivity contribution < 1.29 is 9.90 Å². The van der Waals surface area contributed by atoms with Crippen LogP contribution in [0.25, 0.3) is 0 Å². The molecule has 0 radical (unpaired) electrons. The van der Waals surface area contributed by atoms with E-state index in [4.69, 9.17) is 0 Å². The number of benzene rings is 1. The van der Waals surface area contributed by atoms with Crippen molar-refractivity contribution in [3.8, 4) is 0 Å². The summed E-state index contributed by atoms with van der Waals surface area (Å²) in [5.41, 5.74) is 7.65. The first kappa shape index (κ1) is 25.0. The summed E-state index contributed by atoms with van der Waals surface area (Å²) in [6, 6.07) is 2.37. The molecule has 1 aliphatic carbocycles. The molecule has 1 aliphatic rings. The van der Waals surface area contributed by atoms with E-state index in [0.717, 1.165) is 38.5 Å². The first-order valence-corrected chi connectivity index (χ1v) is 12.4. The van der Waals surface area contributed by atoms with Crippen molar-refractivity contribution >= 4 is 5.97 Å². The quantitative estimate of drug-likeness (QED) is 0.331. The van der Waals surface area contributed by atoms with E-state index in [-0.39, 0.29) is 5.41 Å². The van der Waals surface area contributed by atoms with Gasteiger partial charge in [0.1, 0.15) is 0 Å². The van der Waals surface area contributed by atoms with E-state index < -0.39 is 5.97 Å². The van der Waals surface area contributed by atoms with E-state index >= 15 is 0 Å². The summed E-state index contributed by atoms with van der Waals surface area (Å²) in [6.07, 6.45) is 15.0. The number of aryl methyl sites for hydroxylation is 2. The molecule has 0 heterocycles. The molecule has 30 heavy (non-hydrogen) atoms. The molecule has 0 unspecified atom stereocenters. The van der Waals surface area contributed by atoms with E-state index in [0.29, 0.717) is 5.41 Å². The summed E-state index contributed by atoms with van der Waals surface area (Å²) in [5, 5.41) is 9.35. The SMILES string of the molecule is Cc1cc(C)c(CCCCCCC(C)(C)C)c(CCCCCC2(C(=O)O)CC2)c1C. The summed E-state index contributed by atoms with van der Waals surface area (Å²) in [6.45, 7) is 13.8. The average Bonchev–Trinajstić information content (AvgIpc) is 3.43. The monoisotopic (exact) mass is 414 g/mol. The highest BCUT2D eigenvalue weighted by Gasteiger charge is 2.49. The number of aliphatic carboxylic acids is 1. The third kappa shape index (κ3) is 7.43. The van der Waals surface area contributed by atoms with Gasteiger partial charge in [0.15, 0.2) is 0 Å². The second-order valence-corrected chi connectivity index (χ2v) is 11.2. The minimum absolute atomic E-state index is 0.353. The predicted octanol–water partition coefficient (Wildman–Crippen LogP) is 8.12. The van der Waals surface area contributed by atoms with Crippen molar-refractivity contribution in [3.63, 3.8) is 0 Å². The first-order valence-electron chi connectivity index (χ1n) is 12.4. The van der Waals surface area contributed by atoms with Gasteiger partial charge in [0.25, 0.3) is 0 Å². The molecule has 0 saturated heterocycles. The number of unbranched alkanes of at least 4 members (excludes halogenated alkanes) is 5. The van der Waals surface area contributed by atoms with Crippen LogP contribution in [0.1, 0.15) is 119 Å². The maximum atomic E-state index is 11.3. The van der Waals surface area contributed by atoms with E-state index in [9.17, 15) is 9.90 Å². The lowest BCUT2D eigenvalue weighted by Crippen LogP contribution is -2.14. The summed E-state index contributed by atoms with van der Waals surface area (Å²) in [7, 11) is 0. The van der Waals surface area contributed by atoms with E-state index in [2.05, 4.69) is 47.6 Å². The van der Waals surface area contributed by atoms with Crippen LogP contribution in [0.3, 0.4) is 0 Å². The fraction of sp³-hybridized carbons (Fsp3) is 0.750. The molecule has 1 aromatic carbocycles. The lowest BCUT2D eigenvalue weighted by atomic mass is 9.86. The molecule has 0 spiro atoms. The molecular weight excluding hydrogens is 368 g/mol. The number of hydrogen-bond acceptors (Lipinski definition) is 1. The fourth-order valence-corrected chi connectivity index (χ4v) is 4.88. The van der Waals surface area contributed by atoms with Gasteiger partial charge in [0.2, 0.25) is 0 Å². The number of rotatable bonds is 13. The molecule has 0 bridgehead atoms. The first-order chi connectivity index (χ1) is 14.1. The van der Waals surface area contributed by atoms with Gasteiger partial charge in [-0.3, -0.25) is 4.79 Å². The standard InChI is InChI=1S/C28H46O2/c1-21-20-22(2)24(14-10-7-8-12-16-27(4,5)6)25(23(21)3)15-11-9-13-17-28(18-19-28)26(29)30/h20H,7-19H2,1-6H3,(H,29,30). The summed E-state index contributed by atoms with van der Waals surface area (Å²) in [4.78, 5) is 11.3. The summed E-state index contributed by atoms with van der Waals surface area (Å²) >= 11 is 0. The second-order valence-electron chi connectivity index (χ2n) is 11.2. The van der Waals surface area contributed by atoms with Gasteiger partial charge in [0.05, 0.1) is 5.41 Å². The van der Waals surface area contributed by atoms with E-state index in [1.807, 2.05) is 0 Å². The highest BCUT2D eigenvalue weighted by atomic mass is 16.4. The largest absolute Gasteiger partial charge is 0.481 e. The molecule has 0 aliphatic heterocycles. The van der Waals surface area contributed by atoms with Crippen molar-refractivity contribution in [1.82, 2.24) is 0 Å². The normalized spacial score (nSPS) is 15.4. The molecule has 1 aromatic rings. The van der Waals surface area contributed by atoms with Crippen LogP contribution < -0.4 is 0 Å². The van der Waals surface area contributed by atoms with E-state index in [1.54, 1.807) is 11.1 Å². The lowest BCUT2D eigenvalue weighted by molar-refractivity contribution is -0.143. The third-order valence-electron chi connectivity index (χ3n) is 7.31. The Labute approximate surface area is 185 Å². The van der Waals surface area contributed by atoms with Crippen LogP contribution in [0.4, 0.5) is 0 Å². The zero-order chi connectivity index (χ0) is 22.4. The van der Waals surface area contributed by atoms with Crippen LogP contribution in [0, 0.1) is 31.6 Å². The van der Waals surface area contributed by atoms with Gasteiger partial charge in [0, 0.05) is 0 Å². The van der Waals surface area contributed by atoms with Crippen LogP contribution >= 0.6 is 0 Å². The molecule has 0 aromatic heterocycles. The molecule has 2 heteroatoms. The maximum Gasteiger partial charge on any atom is 0.309 e. The van der Waals surface area contributed by atoms with Crippen molar-refractivity contribution in [3.05, 3.63) is 33.9 Å². The highest BCUT2D eigenvalue weighted by Crippen LogP contribution is 2.50. The van der Waals surface area contributed by atoms with Crippen LogP contribution in [0.15, 0.2) is 6.07 Å². The molecule has 0 atom stereocenters. The topological polar surface area (TPSA) is 37.3 Å². The van der Waals surface area contributed by atoms with Gasteiger partial charge in [-0.25, -0.2) is 0 Å². The summed E-state index contributed by atoms with van der Waals surface area (Å²) < 4.78 is 0. The van der Waals surface area contributed by atoms with Gasteiger partial charge < -0.3 is 5.11 Å². The predicted molar refractivity (Wildman–Crippen MR) is 128 cm³/mol. The highest BCUT2D eigenvalue weighted by molar-refractivity contribution is 5.77. The molecule has 1 N–H and O–H groups in total. The Morgan fingerprint density at radius 1 is 0.867 bits per heavy atom. The Balaban J connectivity index is 1.84. The Hall–Kier alpha value is -1.31. The molecule has 170 valence electrons. The van der Waals surface area contributed by atoms with Gasteiger partial charge >= 0.3 is 5.97 Å². The summed E-state index contributed by atoms with van der Waals surface area (Å²) in [5.74, 6) is -0.572. The zero-order valence-corrected chi connectivity index (χ0v) is 20.6. The zero-order valence-electron chi connectivity index (χ0n) is 20.6. The van der Waals surface area contributed by atoms with Gasteiger partial charge in [-0.15, -0.1) is 0 Å². The average molecular weight is 415 g/mol. The van der Waals surface area contributed by atoms with Crippen LogP contribution in [-0.2, 0) is 17.6 Å². The Morgan fingerprint density at radius 2 is 1.43 bits per heavy atom. The molecule has 1 fully saturated rings. The van der Waals surface area contributed by atoms with Crippen LogP contribution in [0.5, 0.6) is 0 Å². The smallest absolute Gasteiger partial charge is 0.309 e. The van der Waals surface area contributed by atoms with Gasteiger partial charge in [-0.2, -0.15) is 0 Å². The number of carboxylic acid groups (broad SMARTS) is 1. The Morgan fingerprint density at radius 3 is 2.00 bits per heavy atom. The minimum atomic E-state index is -0.572. The number of carboxylic acids is 1. The Kier molecular flexibility index (Phi) is 9.00. The van der Waals surface area contributed by atoms with Crippen LogP contribution in [0.2, 0.25) is 0 Å². The van der Waals surface area contributed by atoms with Crippen LogP contribution in [-0.4, -0.2) is 11.1 Å². The van der Waals surface area contributed by atoms with Crippen molar-refractivity contribution in [2.45, 2.75) is 125 Å². The van der Waals surface area contributed by atoms with Crippen molar-refractivity contribution in [1.29, 1.82) is 0 Å². The minimum Gasteiger partial charge on any atom is -0.481 e. The van der Waals surface area contributed by atoms with Crippen molar-refractivity contribution in [2.75, 3.05) is 0 Å². The Bertz CT molecular complexity index is 704. The molecular formula is C28H46O2. The number of carbonyl (C=O) groups is 1. The second kappa shape index (κ2) is 10.8. The van der Waals surface area contributed by atoms with Gasteiger partial charge in [-0.05, 0) is 105 Å².